The van der Waals surface area contributed by atoms with Gasteiger partial charge in [0.1, 0.15) is 0 Å². The Labute approximate surface area is 86.2 Å². The van der Waals surface area contributed by atoms with Crippen molar-refractivity contribution in [3.05, 3.63) is 0 Å². The zero-order valence-corrected chi connectivity index (χ0v) is 9.35. The summed E-state index contributed by atoms with van der Waals surface area (Å²) >= 11 is 0. The maximum absolute atomic E-state index is 11.8. The van der Waals surface area contributed by atoms with Crippen LogP contribution in [0.1, 0.15) is 38.5 Å². The monoisotopic (exact) mass is 217 g/mol. The van der Waals surface area contributed by atoms with Crippen molar-refractivity contribution in [2.24, 2.45) is 0 Å². The van der Waals surface area contributed by atoms with Gasteiger partial charge in [0, 0.05) is 12.6 Å². The molecule has 0 spiro atoms. The predicted octanol–water partition coefficient (Wildman–Crippen LogP) is 1.10. The lowest BCUT2D eigenvalue weighted by Crippen LogP contribution is -2.52. The quantitative estimate of drug-likeness (QED) is 0.661. The average molecular weight is 217 g/mol. The largest absolute Gasteiger partial charge is 0.312 e. The molecule has 0 aromatic rings. The van der Waals surface area contributed by atoms with Crippen LogP contribution in [0, 0.1) is 0 Å². The maximum Gasteiger partial charge on any atom is 0.155 e. The molecule has 2 unspecified atom stereocenters. The van der Waals surface area contributed by atoms with Crippen molar-refractivity contribution in [1.29, 1.82) is 0 Å². The molecule has 4 heteroatoms. The van der Waals surface area contributed by atoms with Gasteiger partial charge in [0.25, 0.3) is 0 Å². The molecule has 1 aliphatic heterocycles. The normalized spacial score (nSPS) is 38.0. The van der Waals surface area contributed by atoms with Gasteiger partial charge in [-0.15, -0.1) is 0 Å². The first-order valence-corrected chi connectivity index (χ1v) is 7.37. The van der Waals surface area contributed by atoms with Crippen molar-refractivity contribution < 1.29 is 8.42 Å². The molecule has 2 rings (SSSR count). The Balaban J connectivity index is 2.13. The van der Waals surface area contributed by atoms with Gasteiger partial charge >= 0.3 is 0 Å². The zero-order chi connectivity index (χ0) is 10.0. The van der Waals surface area contributed by atoms with Crippen LogP contribution in [0.2, 0.25) is 0 Å². The second-order valence-electron chi connectivity index (χ2n) is 4.46. The number of hydrogen-bond donors (Lipinski definition) is 1. The number of fused-ring (bicyclic) bond motifs is 1. The molecule has 0 aromatic heterocycles. The molecular formula is C10H19NO2S. The Morgan fingerprint density at radius 3 is 2.50 bits per heavy atom. The highest BCUT2D eigenvalue weighted by molar-refractivity contribution is 7.92. The topological polar surface area (TPSA) is 46.2 Å². The first kappa shape index (κ1) is 10.4. The van der Waals surface area contributed by atoms with E-state index in [0.717, 1.165) is 19.3 Å². The molecule has 82 valence electrons. The van der Waals surface area contributed by atoms with Crippen molar-refractivity contribution in [3.63, 3.8) is 0 Å². The Bertz CT molecular complexity index is 286. The highest BCUT2D eigenvalue weighted by atomic mass is 32.2. The molecule has 1 saturated heterocycles. The molecule has 1 saturated carbocycles. The SMILES string of the molecule is O=S1(=O)CCNC2CCCCCCC21. The van der Waals surface area contributed by atoms with E-state index < -0.39 is 9.84 Å². The molecule has 0 amide bonds. The summed E-state index contributed by atoms with van der Waals surface area (Å²) in [6, 6.07) is 0.244. The van der Waals surface area contributed by atoms with Crippen LogP contribution >= 0.6 is 0 Å². The summed E-state index contributed by atoms with van der Waals surface area (Å²) < 4.78 is 23.7. The smallest absolute Gasteiger partial charge is 0.155 e. The molecule has 1 N–H and O–H groups in total. The molecule has 1 heterocycles. The summed E-state index contributed by atoms with van der Waals surface area (Å²) in [7, 11) is -2.79. The van der Waals surface area contributed by atoms with Crippen LogP contribution in [0.5, 0.6) is 0 Å². The van der Waals surface area contributed by atoms with Gasteiger partial charge < -0.3 is 5.32 Å². The van der Waals surface area contributed by atoms with Gasteiger partial charge in [-0.2, -0.15) is 0 Å². The molecule has 0 bridgehead atoms. The molecule has 0 aromatic carbocycles. The van der Waals surface area contributed by atoms with E-state index in [2.05, 4.69) is 5.32 Å². The third kappa shape index (κ3) is 2.11. The second kappa shape index (κ2) is 4.19. The lowest BCUT2D eigenvalue weighted by Gasteiger charge is -2.33. The number of hydrogen-bond acceptors (Lipinski definition) is 3. The van der Waals surface area contributed by atoms with Crippen LogP contribution in [0.15, 0.2) is 0 Å². The van der Waals surface area contributed by atoms with E-state index in [4.69, 9.17) is 0 Å². The Kier molecular flexibility index (Phi) is 3.12. The predicted molar refractivity (Wildman–Crippen MR) is 57.1 cm³/mol. The van der Waals surface area contributed by atoms with Gasteiger partial charge in [-0.05, 0) is 12.8 Å². The standard InChI is InChI=1S/C10H19NO2S/c12-14(13)8-7-11-9-5-3-1-2-4-6-10(9)14/h9-11H,1-8H2. The second-order valence-corrected chi connectivity index (χ2v) is 6.80. The summed E-state index contributed by atoms with van der Waals surface area (Å²) in [6.45, 7) is 0.656. The fraction of sp³-hybridized carbons (Fsp3) is 1.00. The zero-order valence-electron chi connectivity index (χ0n) is 8.54. The van der Waals surface area contributed by atoms with Gasteiger partial charge in [0.2, 0.25) is 0 Å². The maximum atomic E-state index is 11.8. The van der Waals surface area contributed by atoms with Crippen LogP contribution in [-0.4, -0.2) is 32.0 Å². The summed E-state index contributed by atoms with van der Waals surface area (Å²) in [4.78, 5) is 0. The fourth-order valence-corrected chi connectivity index (χ4v) is 4.62. The van der Waals surface area contributed by atoms with Gasteiger partial charge in [-0.25, -0.2) is 8.42 Å². The lowest BCUT2D eigenvalue weighted by atomic mass is 9.96. The number of rotatable bonds is 0. The van der Waals surface area contributed by atoms with Crippen LogP contribution in [-0.2, 0) is 9.84 Å². The van der Waals surface area contributed by atoms with E-state index in [9.17, 15) is 8.42 Å². The highest BCUT2D eigenvalue weighted by Crippen LogP contribution is 2.25. The summed E-state index contributed by atoms with van der Waals surface area (Å²) in [5, 5.41) is 3.28. The summed E-state index contributed by atoms with van der Waals surface area (Å²) in [6.07, 6.45) is 6.67. The van der Waals surface area contributed by atoms with Gasteiger partial charge in [-0.3, -0.25) is 0 Å². The van der Waals surface area contributed by atoms with E-state index in [1.807, 2.05) is 0 Å². The van der Waals surface area contributed by atoms with Gasteiger partial charge in [0.15, 0.2) is 9.84 Å². The minimum atomic E-state index is -2.79. The Morgan fingerprint density at radius 1 is 1.00 bits per heavy atom. The van der Waals surface area contributed by atoms with Crippen molar-refractivity contribution in [3.8, 4) is 0 Å². The van der Waals surface area contributed by atoms with E-state index in [-0.39, 0.29) is 11.3 Å². The highest BCUT2D eigenvalue weighted by Gasteiger charge is 2.36. The van der Waals surface area contributed by atoms with Crippen LogP contribution in [0.25, 0.3) is 0 Å². The molecule has 1 aliphatic carbocycles. The first-order chi connectivity index (χ1) is 6.70. The van der Waals surface area contributed by atoms with Crippen molar-refractivity contribution in [2.45, 2.75) is 49.8 Å². The van der Waals surface area contributed by atoms with E-state index in [1.165, 1.54) is 19.3 Å². The molecule has 3 nitrogen and oxygen atoms in total. The molecular weight excluding hydrogens is 198 g/mol. The van der Waals surface area contributed by atoms with E-state index in [1.54, 1.807) is 0 Å². The minimum Gasteiger partial charge on any atom is -0.312 e. The van der Waals surface area contributed by atoms with E-state index in [0.29, 0.717) is 12.3 Å². The van der Waals surface area contributed by atoms with Gasteiger partial charge in [0.05, 0.1) is 11.0 Å². The fourth-order valence-electron chi connectivity index (χ4n) is 2.65. The number of nitrogens with one attached hydrogen (secondary N) is 1. The van der Waals surface area contributed by atoms with Crippen LogP contribution in [0.3, 0.4) is 0 Å². The minimum absolute atomic E-state index is 0.0865. The average Bonchev–Trinajstić information content (AvgIpc) is 2.06. The lowest BCUT2D eigenvalue weighted by molar-refractivity contribution is 0.379. The molecule has 2 fully saturated rings. The van der Waals surface area contributed by atoms with Crippen molar-refractivity contribution in [1.82, 2.24) is 5.32 Å². The van der Waals surface area contributed by atoms with Crippen molar-refractivity contribution >= 4 is 9.84 Å². The summed E-state index contributed by atoms with van der Waals surface area (Å²) in [5.74, 6) is 0.341. The first-order valence-electron chi connectivity index (χ1n) is 5.65. The van der Waals surface area contributed by atoms with Crippen LogP contribution < -0.4 is 5.32 Å². The molecule has 14 heavy (non-hydrogen) atoms. The Morgan fingerprint density at radius 2 is 1.71 bits per heavy atom. The van der Waals surface area contributed by atoms with Gasteiger partial charge in [-0.1, -0.05) is 25.7 Å². The summed E-state index contributed by atoms with van der Waals surface area (Å²) in [5.41, 5.74) is 0. The molecule has 2 atom stereocenters. The van der Waals surface area contributed by atoms with E-state index >= 15 is 0 Å². The van der Waals surface area contributed by atoms with Crippen LogP contribution in [0.4, 0.5) is 0 Å². The Hall–Kier alpha value is -0.0900. The number of sulfone groups is 1. The molecule has 0 radical (unpaired) electrons. The molecule has 2 aliphatic rings. The van der Waals surface area contributed by atoms with Crippen molar-refractivity contribution in [2.75, 3.05) is 12.3 Å². The third-order valence-electron chi connectivity index (χ3n) is 3.46. The third-order valence-corrected chi connectivity index (χ3v) is 5.72.